The number of rotatable bonds is 1. The summed E-state index contributed by atoms with van der Waals surface area (Å²) >= 11 is 15.7. The zero-order valence-electron chi connectivity index (χ0n) is 6.48. The van der Waals surface area contributed by atoms with Gasteiger partial charge in [-0.25, -0.2) is 0 Å². The predicted molar refractivity (Wildman–Crippen MR) is 69.1 cm³/mol. The van der Waals surface area contributed by atoms with E-state index in [-0.39, 0.29) is 0 Å². The average Bonchev–Trinajstić information content (AvgIpc) is 2.45. The van der Waals surface area contributed by atoms with Crippen LogP contribution in [0.2, 0.25) is 4.34 Å². The van der Waals surface area contributed by atoms with Crippen molar-refractivity contribution in [1.82, 2.24) is 0 Å². The van der Waals surface area contributed by atoms with Crippen LogP contribution in [0.25, 0.3) is 10.1 Å². The smallest absolute Gasteiger partial charge is 0.0940 e. The highest BCUT2D eigenvalue weighted by atomic mass is 127. The van der Waals surface area contributed by atoms with Gasteiger partial charge >= 0.3 is 0 Å². The summed E-state index contributed by atoms with van der Waals surface area (Å²) in [5.41, 5.74) is 1.19. The molecule has 4 heteroatoms. The maximum Gasteiger partial charge on any atom is 0.0940 e. The van der Waals surface area contributed by atoms with Gasteiger partial charge in [0, 0.05) is 14.2 Å². The molecule has 0 aliphatic carbocycles. The lowest BCUT2D eigenvalue weighted by molar-refractivity contribution is 1.43. The molecule has 1 aromatic heterocycles. The lowest BCUT2D eigenvalue weighted by Crippen LogP contribution is -1.82. The van der Waals surface area contributed by atoms with Gasteiger partial charge in [0.1, 0.15) is 0 Å². The number of hydrogen-bond acceptors (Lipinski definition) is 1. The van der Waals surface area contributed by atoms with Gasteiger partial charge < -0.3 is 0 Å². The summed E-state index contributed by atoms with van der Waals surface area (Å²) in [4.78, 5) is 0. The van der Waals surface area contributed by atoms with Crippen molar-refractivity contribution in [1.29, 1.82) is 0 Å². The molecule has 0 saturated carbocycles. The van der Waals surface area contributed by atoms with E-state index in [2.05, 4.69) is 34.7 Å². The van der Waals surface area contributed by atoms with Crippen LogP contribution in [0.3, 0.4) is 0 Å². The second kappa shape index (κ2) is 3.93. The first-order chi connectivity index (χ1) is 6.22. The zero-order chi connectivity index (χ0) is 9.42. The van der Waals surface area contributed by atoms with Crippen LogP contribution in [-0.4, -0.2) is 0 Å². The SMILES string of the molecule is ClCc1c(I)ccc2cc(Cl)sc12. The second-order valence-electron chi connectivity index (χ2n) is 2.63. The second-order valence-corrected chi connectivity index (χ2v) is 5.74. The standard InChI is InChI=1S/C9H5Cl2IS/c10-4-6-7(12)2-1-5-3-8(11)13-9(5)6/h1-3H,4H2. The fourth-order valence-electron chi connectivity index (χ4n) is 1.23. The number of halogens is 3. The van der Waals surface area contributed by atoms with Crippen molar-refractivity contribution < 1.29 is 0 Å². The third kappa shape index (κ3) is 1.82. The van der Waals surface area contributed by atoms with Gasteiger partial charge in [-0.05, 0) is 45.7 Å². The van der Waals surface area contributed by atoms with E-state index in [1.165, 1.54) is 19.2 Å². The number of thiophene rings is 1. The van der Waals surface area contributed by atoms with Crippen molar-refractivity contribution in [2.75, 3.05) is 0 Å². The summed E-state index contributed by atoms with van der Waals surface area (Å²) in [6.07, 6.45) is 0. The van der Waals surface area contributed by atoms with Crippen LogP contribution >= 0.6 is 57.1 Å². The third-order valence-electron chi connectivity index (χ3n) is 1.84. The molecule has 2 aromatic rings. The molecule has 0 bridgehead atoms. The fourth-order valence-corrected chi connectivity index (χ4v) is 3.92. The predicted octanol–water partition coefficient (Wildman–Crippen LogP) is 4.90. The largest absolute Gasteiger partial charge is 0.123 e. The lowest BCUT2D eigenvalue weighted by atomic mass is 10.2. The molecule has 68 valence electrons. The number of benzene rings is 1. The lowest BCUT2D eigenvalue weighted by Gasteiger charge is -2.00. The molecule has 13 heavy (non-hydrogen) atoms. The van der Waals surface area contributed by atoms with Crippen molar-refractivity contribution >= 4 is 67.2 Å². The molecular weight excluding hydrogens is 338 g/mol. The molecular formula is C9H5Cl2IS. The van der Waals surface area contributed by atoms with Gasteiger partial charge in [0.25, 0.3) is 0 Å². The molecule has 0 N–H and O–H groups in total. The molecule has 0 saturated heterocycles. The van der Waals surface area contributed by atoms with E-state index in [9.17, 15) is 0 Å². The first-order valence-electron chi connectivity index (χ1n) is 3.65. The third-order valence-corrected chi connectivity index (χ3v) is 4.45. The van der Waals surface area contributed by atoms with Crippen molar-refractivity contribution in [3.8, 4) is 0 Å². The highest BCUT2D eigenvalue weighted by Gasteiger charge is 2.07. The first kappa shape index (κ1) is 10.0. The molecule has 0 unspecified atom stereocenters. The first-order valence-corrected chi connectivity index (χ1v) is 6.45. The topological polar surface area (TPSA) is 0 Å². The van der Waals surface area contributed by atoms with Gasteiger partial charge in [0.2, 0.25) is 0 Å². The summed E-state index contributed by atoms with van der Waals surface area (Å²) in [6.45, 7) is 0. The normalized spacial score (nSPS) is 11.0. The van der Waals surface area contributed by atoms with Crippen LogP contribution in [0.4, 0.5) is 0 Å². The van der Waals surface area contributed by atoms with E-state index in [4.69, 9.17) is 23.2 Å². The Balaban J connectivity index is 2.82. The van der Waals surface area contributed by atoms with Crippen LogP contribution in [0.1, 0.15) is 5.56 Å². The van der Waals surface area contributed by atoms with Crippen LogP contribution in [0, 0.1) is 3.57 Å². The highest BCUT2D eigenvalue weighted by Crippen LogP contribution is 2.34. The van der Waals surface area contributed by atoms with Crippen LogP contribution in [0.15, 0.2) is 18.2 Å². The van der Waals surface area contributed by atoms with Gasteiger partial charge in [0.05, 0.1) is 4.34 Å². The maximum absolute atomic E-state index is 5.94. The molecule has 0 atom stereocenters. The molecule has 0 aliphatic rings. The van der Waals surface area contributed by atoms with Crippen molar-refractivity contribution in [2.45, 2.75) is 5.88 Å². The van der Waals surface area contributed by atoms with Gasteiger partial charge in [0.15, 0.2) is 0 Å². The highest BCUT2D eigenvalue weighted by molar-refractivity contribution is 14.1. The van der Waals surface area contributed by atoms with Crippen LogP contribution in [-0.2, 0) is 5.88 Å². The Kier molecular flexibility index (Phi) is 3.03. The summed E-state index contributed by atoms with van der Waals surface area (Å²) in [5.74, 6) is 0.548. The van der Waals surface area contributed by atoms with Crippen molar-refractivity contribution in [3.63, 3.8) is 0 Å². The van der Waals surface area contributed by atoms with E-state index in [0.717, 1.165) is 4.34 Å². The van der Waals surface area contributed by atoms with Gasteiger partial charge in [-0.3, -0.25) is 0 Å². The van der Waals surface area contributed by atoms with Crippen LogP contribution < -0.4 is 0 Å². The Morgan fingerprint density at radius 2 is 2.15 bits per heavy atom. The van der Waals surface area contributed by atoms with Crippen LogP contribution in [0.5, 0.6) is 0 Å². The molecule has 0 amide bonds. The quantitative estimate of drug-likeness (QED) is 0.511. The Bertz CT molecular complexity index is 450. The van der Waals surface area contributed by atoms with Gasteiger partial charge in [-0.2, -0.15) is 0 Å². The summed E-state index contributed by atoms with van der Waals surface area (Å²) in [5, 5.41) is 1.19. The molecule has 0 radical (unpaired) electrons. The molecule has 0 nitrogen and oxygen atoms in total. The number of hydrogen-bond donors (Lipinski definition) is 0. The van der Waals surface area contributed by atoms with Crippen molar-refractivity contribution in [3.05, 3.63) is 31.7 Å². The Morgan fingerprint density at radius 1 is 1.38 bits per heavy atom. The Labute approximate surface area is 104 Å². The average molecular weight is 343 g/mol. The van der Waals surface area contributed by atoms with E-state index in [1.807, 2.05) is 6.07 Å². The fraction of sp³-hybridized carbons (Fsp3) is 0.111. The summed E-state index contributed by atoms with van der Waals surface area (Å²) in [6, 6.07) is 6.13. The summed E-state index contributed by atoms with van der Waals surface area (Å²) < 4.78 is 3.24. The van der Waals surface area contributed by atoms with Gasteiger partial charge in [-0.1, -0.05) is 17.7 Å². The Morgan fingerprint density at radius 3 is 2.85 bits per heavy atom. The number of alkyl halides is 1. The maximum atomic E-state index is 5.94. The molecule has 1 heterocycles. The number of fused-ring (bicyclic) bond motifs is 1. The van der Waals surface area contributed by atoms with E-state index < -0.39 is 0 Å². The van der Waals surface area contributed by atoms with E-state index >= 15 is 0 Å². The van der Waals surface area contributed by atoms with E-state index in [0.29, 0.717) is 5.88 Å². The monoisotopic (exact) mass is 342 g/mol. The van der Waals surface area contributed by atoms with E-state index in [1.54, 1.807) is 11.3 Å². The minimum atomic E-state index is 0.548. The molecule has 2 rings (SSSR count). The van der Waals surface area contributed by atoms with Crippen molar-refractivity contribution in [2.24, 2.45) is 0 Å². The molecule has 0 fully saturated rings. The molecule has 0 spiro atoms. The van der Waals surface area contributed by atoms with Gasteiger partial charge in [-0.15, -0.1) is 22.9 Å². The Hall–Kier alpha value is 0.490. The minimum absolute atomic E-state index is 0.548. The molecule has 0 aliphatic heterocycles. The minimum Gasteiger partial charge on any atom is -0.123 e. The zero-order valence-corrected chi connectivity index (χ0v) is 11.0. The molecule has 1 aromatic carbocycles. The summed E-state index contributed by atoms with van der Waals surface area (Å²) in [7, 11) is 0.